The highest BCUT2D eigenvalue weighted by atomic mass is 35.5. The van der Waals surface area contributed by atoms with Gasteiger partial charge < -0.3 is 20.3 Å². The highest BCUT2D eigenvalue weighted by Gasteiger charge is 2.39. The van der Waals surface area contributed by atoms with E-state index in [0.29, 0.717) is 19.4 Å². The van der Waals surface area contributed by atoms with Crippen molar-refractivity contribution in [1.82, 2.24) is 15.6 Å². The van der Waals surface area contributed by atoms with Crippen molar-refractivity contribution in [3.8, 4) is 0 Å². The van der Waals surface area contributed by atoms with Crippen molar-refractivity contribution in [3.05, 3.63) is 23.9 Å². The van der Waals surface area contributed by atoms with Crippen LogP contribution in [-0.4, -0.2) is 49.8 Å². The number of aromatic nitrogens is 1. The summed E-state index contributed by atoms with van der Waals surface area (Å²) in [5.41, 5.74) is 0.300. The highest BCUT2D eigenvalue weighted by Crippen LogP contribution is 2.22. The summed E-state index contributed by atoms with van der Waals surface area (Å²) in [5, 5.41) is 6.25. The van der Waals surface area contributed by atoms with Crippen LogP contribution in [0, 0.1) is 0 Å². The van der Waals surface area contributed by atoms with Crippen LogP contribution in [0.3, 0.4) is 0 Å². The zero-order chi connectivity index (χ0) is 16.7. The van der Waals surface area contributed by atoms with E-state index in [1.807, 2.05) is 18.3 Å². The second-order valence-electron chi connectivity index (χ2n) is 5.83. The maximum absolute atomic E-state index is 12.5. The van der Waals surface area contributed by atoms with E-state index in [0.717, 1.165) is 37.6 Å². The van der Waals surface area contributed by atoms with Gasteiger partial charge in [-0.1, -0.05) is 6.07 Å². The van der Waals surface area contributed by atoms with Gasteiger partial charge in [-0.3, -0.25) is 4.79 Å². The van der Waals surface area contributed by atoms with Gasteiger partial charge in [0.25, 0.3) is 5.91 Å². The lowest BCUT2D eigenvalue weighted by Gasteiger charge is -2.34. The van der Waals surface area contributed by atoms with Gasteiger partial charge in [-0.15, -0.1) is 24.8 Å². The normalized spacial score (nSPS) is 15.5. The minimum Gasteiger partial charge on any atom is -0.368 e. The van der Waals surface area contributed by atoms with Gasteiger partial charge in [0.15, 0.2) is 0 Å². The van der Waals surface area contributed by atoms with Gasteiger partial charge in [-0.2, -0.15) is 0 Å². The molecule has 1 aliphatic rings. The predicted octanol–water partition coefficient (Wildman–Crippen LogP) is 2.16. The highest BCUT2D eigenvalue weighted by molar-refractivity contribution is 5.86. The molecular weight excluding hydrogens is 363 g/mol. The molecule has 144 valence electrons. The Hall–Kier alpha value is -1.08. The van der Waals surface area contributed by atoms with Gasteiger partial charge in [-0.05, 0) is 51.4 Å². The number of anilines is 1. The molecule has 0 aromatic carbocycles. The third-order valence-corrected chi connectivity index (χ3v) is 4.57. The maximum Gasteiger partial charge on any atom is 0.252 e. The topological polar surface area (TPSA) is 66.5 Å². The van der Waals surface area contributed by atoms with Crippen LogP contribution < -0.4 is 15.5 Å². The second-order valence-corrected chi connectivity index (χ2v) is 5.83. The van der Waals surface area contributed by atoms with Gasteiger partial charge in [0.2, 0.25) is 0 Å². The van der Waals surface area contributed by atoms with E-state index in [4.69, 9.17) is 4.74 Å². The molecule has 0 atom stereocenters. The molecule has 1 fully saturated rings. The number of hydrogen-bond acceptors (Lipinski definition) is 5. The molecule has 0 bridgehead atoms. The SMILES string of the molecule is CCN(CC)c1ccc(CNC(=O)C2(OC)CCNCC2)cn1.Cl.Cl. The molecule has 0 saturated carbocycles. The first kappa shape index (κ1) is 23.9. The van der Waals surface area contributed by atoms with Crippen LogP contribution in [-0.2, 0) is 16.1 Å². The van der Waals surface area contributed by atoms with Crippen LogP contribution in [0.2, 0.25) is 0 Å². The average Bonchev–Trinajstić information content (AvgIpc) is 2.62. The summed E-state index contributed by atoms with van der Waals surface area (Å²) in [7, 11) is 1.62. The molecule has 6 nitrogen and oxygen atoms in total. The molecule has 25 heavy (non-hydrogen) atoms. The van der Waals surface area contributed by atoms with Gasteiger partial charge >= 0.3 is 0 Å². The summed E-state index contributed by atoms with van der Waals surface area (Å²) in [4.78, 5) is 19.2. The summed E-state index contributed by atoms with van der Waals surface area (Å²) in [6.07, 6.45) is 3.23. The number of nitrogens with one attached hydrogen (secondary N) is 2. The van der Waals surface area contributed by atoms with Gasteiger partial charge in [0, 0.05) is 32.9 Å². The molecule has 0 unspecified atom stereocenters. The molecule has 2 heterocycles. The Bertz CT molecular complexity index is 504. The first-order valence-electron chi connectivity index (χ1n) is 8.39. The Morgan fingerprint density at radius 2 is 1.92 bits per heavy atom. The molecule has 1 aliphatic heterocycles. The van der Waals surface area contributed by atoms with Gasteiger partial charge in [0.05, 0.1) is 0 Å². The van der Waals surface area contributed by atoms with Crippen molar-refractivity contribution in [1.29, 1.82) is 0 Å². The van der Waals surface area contributed by atoms with Crippen molar-refractivity contribution < 1.29 is 9.53 Å². The molecule has 2 rings (SSSR count). The number of carbonyl (C=O) groups excluding carboxylic acids is 1. The Balaban J connectivity index is 0.00000288. The van der Waals surface area contributed by atoms with Gasteiger partial charge in [0.1, 0.15) is 11.4 Å². The Labute approximate surface area is 162 Å². The number of hydrogen-bond donors (Lipinski definition) is 2. The van der Waals surface area contributed by atoms with Crippen LogP contribution in [0.1, 0.15) is 32.3 Å². The summed E-state index contributed by atoms with van der Waals surface area (Å²) in [6, 6.07) is 4.02. The molecule has 1 saturated heterocycles. The molecule has 8 heteroatoms. The van der Waals surface area contributed by atoms with E-state index in [1.54, 1.807) is 7.11 Å². The quantitative estimate of drug-likeness (QED) is 0.743. The number of rotatable bonds is 7. The number of methoxy groups -OCH3 is 1. The van der Waals surface area contributed by atoms with Crippen molar-refractivity contribution >= 4 is 36.5 Å². The van der Waals surface area contributed by atoms with E-state index >= 15 is 0 Å². The first-order valence-corrected chi connectivity index (χ1v) is 8.39. The van der Waals surface area contributed by atoms with E-state index in [1.165, 1.54) is 0 Å². The van der Waals surface area contributed by atoms with E-state index in [2.05, 4.69) is 34.4 Å². The molecule has 0 radical (unpaired) electrons. The Morgan fingerprint density at radius 3 is 2.40 bits per heavy atom. The monoisotopic (exact) mass is 392 g/mol. The van der Waals surface area contributed by atoms with Crippen LogP contribution in [0.5, 0.6) is 0 Å². The smallest absolute Gasteiger partial charge is 0.252 e. The van der Waals surface area contributed by atoms with E-state index in [9.17, 15) is 4.79 Å². The number of amides is 1. The molecule has 0 spiro atoms. The Kier molecular flexibility index (Phi) is 11.0. The summed E-state index contributed by atoms with van der Waals surface area (Å²) >= 11 is 0. The summed E-state index contributed by atoms with van der Waals surface area (Å²) in [5.74, 6) is 0.936. The standard InChI is InChI=1S/C17H28N4O2.2ClH/c1-4-21(5-2)15-7-6-14(12-19-15)13-20-16(22)17(23-3)8-10-18-11-9-17;;/h6-7,12,18H,4-5,8-11,13H2,1-3H3,(H,20,22);2*1H. The average molecular weight is 393 g/mol. The first-order chi connectivity index (χ1) is 11.1. The second kappa shape index (κ2) is 11.5. The number of pyridine rings is 1. The molecule has 1 aromatic rings. The third kappa shape index (κ3) is 5.99. The minimum absolute atomic E-state index is 0. The lowest BCUT2D eigenvalue weighted by Crippen LogP contribution is -2.53. The molecule has 1 amide bonds. The van der Waals surface area contributed by atoms with Crippen LogP contribution >= 0.6 is 24.8 Å². The fourth-order valence-electron chi connectivity index (χ4n) is 2.95. The summed E-state index contributed by atoms with van der Waals surface area (Å²) < 4.78 is 5.53. The molecule has 0 aliphatic carbocycles. The van der Waals surface area contributed by atoms with E-state index in [-0.39, 0.29) is 30.7 Å². The Morgan fingerprint density at radius 1 is 1.28 bits per heavy atom. The van der Waals surface area contributed by atoms with Gasteiger partial charge in [-0.25, -0.2) is 4.98 Å². The number of carbonyl (C=O) groups is 1. The molecule has 1 aromatic heterocycles. The number of ether oxygens (including phenoxy) is 1. The lowest BCUT2D eigenvalue weighted by molar-refractivity contribution is -0.146. The van der Waals surface area contributed by atoms with Crippen LogP contribution in [0.25, 0.3) is 0 Å². The summed E-state index contributed by atoms with van der Waals surface area (Å²) in [6.45, 7) is 8.19. The number of halogens is 2. The molecular formula is C17H30Cl2N4O2. The van der Waals surface area contributed by atoms with Crippen molar-refractivity contribution in [2.75, 3.05) is 38.2 Å². The van der Waals surface area contributed by atoms with Crippen molar-refractivity contribution in [2.24, 2.45) is 0 Å². The van der Waals surface area contributed by atoms with Crippen molar-refractivity contribution in [3.63, 3.8) is 0 Å². The fraction of sp³-hybridized carbons (Fsp3) is 0.647. The molecule has 2 N–H and O–H groups in total. The third-order valence-electron chi connectivity index (χ3n) is 4.57. The predicted molar refractivity (Wildman–Crippen MR) is 106 cm³/mol. The zero-order valence-corrected chi connectivity index (χ0v) is 16.8. The lowest BCUT2D eigenvalue weighted by atomic mass is 9.91. The largest absolute Gasteiger partial charge is 0.368 e. The number of nitrogens with zero attached hydrogens (tertiary/aromatic N) is 2. The van der Waals surface area contributed by atoms with Crippen LogP contribution in [0.15, 0.2) is 18.3 Å². The van der Waals surface area contributed by atoms with Crippen molar-refractivity contribution in [2.45, 2.75) is 38.8 Å². The van der Waals surface area contributed by atoms with Crippen LogP contribution in [0.4, 0.5) is 5.82 Å². The maximum atomic E-state index is 12.5. The zero-order valence-electron chi connectivity index (χ0n) is 15.2. The van der Waals surface area contributed by atoms with E-state index < -0.39 is 5.60 Å². The minimum atomic E-state index is -0.695. The fourth-order valence-corrected chi connectivity index (χ4v) is 2.95. The number of piperidine rings is 1.